The molecular weight excluding hydrogens is 558 g/mol. The first kappa shape index (κ1) is 29.1. The number of Topliss-reactive ketones (excluding diaryl/α,β-unsaturated/α-hetero) is 1. The zero-order valence-electron chi connectivity index (χ0n) is 25.3. The quantitative estimate of drug-likeness (QED) is 0.270. The Labute approximate surface area is 255 Å². The maximum Gasteiger partial charge on any atom is 0.254 e. The van der Waals surface area contributed by atoms with Crippen molar-refractivity contribution < 1.29 is 14.3 Å². The van der Waals surface area contributed by atoms with E-state index in [1.54, 1.807) is 10.9 Å². The number of carbonyl (C=O) groups is 2. The van der Waals surface area contributed by atoms with Gasteiger partial charge in [0.1, 0.15) is 18.2 Å². The highest BCUT2D eigenvalue weighted by Crippen LogP contribution is 2.40. The normalized spacial score (nSPS) is 15.5. The predicted molar refractivity (Wildman–Crippen MR) is 167 cm³/mol. The number of benzene rings is 2. The number of aromatic nitrogens is 7. The van der Waals surface area contributed by atoms with Crippen LogP contribution in [0.4, 0.5) is 11.5 Å². The summed E-state index contributed by atoms with van der Waals surface area (Å²) in [6.07, 6.45) is 7.79. The second kappa shape index (κ2) is 12.7. The third kappa shape index (κ3) is 5.92. The number of nitrogens with zero attached hydrogens (tertiary/aromatic N) is 7. The fourth-order valence-electron chi connectivity index (χ4n) is 5.60. The number of carbonyl (C=O) groups excluding carboxylic acids is 2. The van der Waals surface area contributed by atoms with Crippen molar-refractivity contribution in [3.8, 4) is 17.1 Å². The van der Waals surface area contributed by atoms with Gasteiger partial charge < -0.3 is 19.5 Å². The number of fused-ring (bicyclic) bond motifs is 2. The molecule has 3 aromatic heterocycles. The number of nitrogens with one attached hydrogen (secondary N) is 2. The highest BCUT2D eigenvalue weighted by Gasteiger charge is 2.27. The molecule has 2 aromatic carbocycles. The molecule has 5 aromatic rings. The molecule has 44 heavy (non-hydrogen) atoms. The first-order chi connectivity index (χ1) is 21.5. The molecule has 7 rings (SSSR count). The second-order valence-electron chi connectivity index (χ2n) is 10.8. The molecule has 0 bridgehead atoms. The summed E-state index contributed by atoms with van der Waals surface area (Å²) in [5.41, 5.74) is 3.66. The second-order valence-corrected chi connectivity index (χ2v) is 10.8. The van der Waals surface area contributed by atoms with Crippen LogP contribution in [0.25, 0.3) is 22.3 Å². The molecule has 4 heterocycles. The lowest BCUT2D eigenvalue weighted by molar-refractivity contribution is 0.0728. The van der Waals surface area contributed by atoms with Crippen molar-refractivity contribution in [1.29, 1.82) is 0 Å². The van der Waals surface area contributed by atoms with E-state index in [2.05, 4.69) is 47.9 Å². The van der Waals surface area contributed by atoms with Crippen LogP contribution in [0.2, 0.25) is 0 Å². The van der Waals surface area contributed by atoms with E-state index in [-0.39, 0.29) is 18.3 Å². The molecule has 0 atom stereocenters. The topological polar surface area (TPSA) is 136 Å². The number of ketones is 1. The van der Waals surface area contributed by atoms with Gasteiger partial charge in [-0.05, 0) is 67.3 Å². The molecule has 1 aliphatic carbocycles. The predicted octanol–water partition coefficient (Wildman–Crippen LogP) is 5.55. The van der Waals surface area contributed by atoms with Crippen LogP contribution in [0.15, 0.2) is 54.9 Å². The Morgan fingerprint density at radius 1 is 1.05 bits per heavy atom. The molecule has 0 radical (unpaired) electrons. The maximum absolute atomic E-state index is 14.0. The molecule has 1 saturated carbocycles. The van der Waals surface area contributed by atoms with Crippen LogP contribution in [0.1, 0.15) is 72.7 Å². The van der Waals surface area contributed by atoms with Crippen LogP contribution in [0.5, 0.6) is 5.75 Å². The maximum atomic E-state index is 14.0. The highest BCUT2D eigenvalue weighted by molar-refractivity contribution is 6.03. The van der Waals surface area contributed by atoms with Gasteiger partial charge in [-0.3, -0.25) is 14.3 Å². The number of hydrogen-bond acceptors (Lipinski definition) is 8. The van der Waals surface area contributed by atoms with Gasteiger partial charge in [-0.15, -0.1) is 10.2 Å². The minimum Gasteiger partial charge on any atom is -0.491 e. The highest BCUT2D eigenvalue weighted by atomic mass is 16.5. The van der Waals surface area contributed by atoms with Crippen molar-refractivity contribution in [1.82, 2.24) is 39.9 Å². The Balaban J connectivity index is 0.00000168. The first-order valence-corrected chi connectivity index (χ1v) is 15.3. The van der Waals surface area contributed by atoms with E-state index in [9.17, 15) is 9.59 Å². The fourth-order valence-corrected chi connectivity index (χ4v) is 5.60. The molecule has 1 fully saturated rings. The van der Waals surface area contributed by atoms with Crippen LogP contribution in [-0.4, -0.2) is 71.3 Å². The number of H-pyrrole nitrogens is 1. The molecule has 0 spiro atoms. The van der Waals surface area contributed by atoms with E-state index in [0.717, 1.165) is 40.8 Å². The Kier molecular flexibility index (Phi) is 8.40. The molecular formula is C32H37N9O3. The summed E-state index contributed by atoms with van der Waals surface area (Å²) in [4.78, 5) is 29.0. The van der Waals surface area contributed by atoms with Crippen molar-refractivity contribution >= 4 is 34.1 Å². The smallest absolute Gasteiger partial charge is 0.254 e. The monoisotopic (exact) mass is 595 g/mol. The largest absolute Gasteiger partial charge is 0.491 e. The van der Waals surface area contributed by atoms with E-state index in [1.807, 2.05) is 62.2 Å². The van der Waals surface area contributed by atoms with Crippen molar-refractivity contribution in [2.24, 2.45) is 7.05 Å². The molecule has 2 N–H and O–H groups in total. The molecule has 12 nitrogen and oxygen atoms in total. The van der Waals surface area contributed by atoms with Crippen molar-refractivity contribution in [3.63, 3.8) is 0 Å². The SMILES string of the molecule is CC.Cn1nccc1Nc1ccc2c(c1)C(=O)CCCCN(C(=O)c1cc(-c3nn[nH]n3)c3ccn(C4CC4)c3c1)CCO2. The summed E-state index contributed by atoms with van der Waals surface area (Å²) in [7, 11) is 1.85. The summed E-state index contributed by atoms with van der Waals surface area (Å²) in [5, 5.41) is 23.1. The average molecular weight is 596 g/mol. The third-order valence-corrected chi connectivity index (χ3v) is 7.97. The average Bonchev–Trinajstić information content (AvgIpc) is 3.38. The van der Waals surface area contributed by atoms with Gasteiger partial charge in [-0.1, -0.05) is 13.8 Å². The first-order valence-electron chi connectivity index (χ1n) is 15.3. The summed E-state index contributed by atoms with van der Waals surface area (Å²) in [6.45, 7) is 5.18. The minimum absolute atomic E-state index is 0.0227. The number of anilines is 2. The van der Waals surface area contributed by atoms with Crippen molar-refractivity contribution in [2.75, 3.05) is 25.0 Å². The number of aromatic amines is 1. The summed E-state index contributed by atoms with van der Waals surface area (Å²) < 4.78 is 10.1. The van der Waals surface area contributed by atoms with Gasteiger partial charge in [-0.25, -0.2) is 0 Å². The van der Waals surface area contributed by atoms with E-state index < -0.39 is 0 Å². The van der Waals surface area contributed by atoms with E-state index in [4.69, 9.17) is 4.74 Å². The molecule has 12 heteroatoms. The molecule has 228 valence electrons. The van der Waals surface area contributed by atoms with Gasteiger partial charge in [0.2, 0.25) is 5.82 Å². The van der Waals surface area contributed by atoms with E-state index in [0.29, 0.717) is 61.1 Å². The van der Waals surface area contributed by atoms with Crippen LogP contribution in [0.3, 0.4) is 0 Å². The minimum atomic E-state index is -0.0877. The Hall–Kier alpha value is -5.00. The van der Waals surface area contributed by atoms with Gasteiger partial charge >= 0.3 is 0 Å². The van der Waals surface area contributed by atoms with Gasteiger partial charge in [0.05, 0.1) is 18.3 Å². The molecule has 0 saturated heterocycles. The lowest BCUT2D eigenvalue weighted by atomic mass is 10.0. The van der Waals surface area contributed by atoms with Crippen molar-refractivity contribution in [3.05, 3.63) is 66.0 Å². The zero-order chi connectivity index (χ0) is 30.6. The Morgan fingerprint density at radius 2 is 1.91 bits per heavy atom. The van der Waals surface area contributed by atoms with Crippen LogP contribution >= 0.6 is 0 Å². The van der Waals surface area contributed by atoms with Crippen LogP contribution < -0.4 is 10.1 Å². The molecule has 0 unspecified atom stereocenters. The van der Waals surface area contributed by atoms with Gasteiger partial charge in [0.15, 0.2) is 5.78 Å². The summed E-state index contributed by atoms with van der Waals surface area (Å²) in [6, 6.07) is 13.7. The number of hydrogen-bond donors (Lipinski definition) is 2. The van der Waals surface area contributed by atoms with E-state index in [1.165, 1.54) is 0 Å². The summed E-state index contributed by atoms with van der Waals surface area (Å²) >= 11 is 0. The van der Waals surface area contributed by atoms with Crippen LogP contribution in [-0.2, 0) is 7.05 Å². The standard InChI is InChI=1S/C30H31N9O3.C2H6/c1-37-28(9-11-31-37)32-20-5-8-27-24(18-20)26(40)4-2-3-12-38(14-15-42-27)30(41)19-16-23(29-33-35-36-34-29)22-10-13-39(21-6-7-21)25(22)17-19;1-2/h5,8-11,13,16-18,21,32H,2-4,6-7,12,14-15H2,1H3,(H,33,34,35,36);1-2H3. The number of rotatable bonds is 5. The fraction of sp³-hybridized carbons (Fsp3) is 0.375. The number of tetrazole rings is 1. The zero-order valence-corrected chi connectivity index (χ0v) is 25.3. The molecule has 2 aliphatic rings. The summed E-state index contributed by atoms with van der Waals surface area (Å²) in [5.74, 6) is 1.73. The van der Waals surface area contributed by atoms with Gasteiger partial charge in [-0.2, -0.15) is 10.3 Å². The molecule has 1 amide bonds. The third-order valence-electron chi connectivity index (χ3n) is 7.97. The number of aryl methyl sites for hydroxylation is 1. The Bertz CT molecular complexity index is 1770. The molecule has 1 aliphatic heterocycles. The lowest BCUT2D eigenvalue weighted by Gasteiger charge is -2.23. The van der Waals surface area contributed by atoms with Gasteiger partial charge in [0, 0.05) is 66.0 Å². The van der Waals surface area contributed by atoms with Crippen LogP contribution in [0, 0.1) is 0 Å². The number of amides is 1. The van der Waals surface area contributed by atoms with Crippen molar-refractivity contribution in [2.45, 2.75) is 52.0 Å². The van der Waals surface area contributed by atoms with Gasteiger partial charge in [0.25, 0.3) is 5.91 Å². The number of ether oxygens (including phenoxy) is 1. The lowest BCUT2D eigenvalue weighted by Crippen LogP contribution is -2.35. The Morgan fingerprint density at radius 3 is 2.66 bits per heavy atom. The van der Waals surface area contributed by atoms with E-state index >= 15 is 0 Å².